The summed E-state index contributed by atoms with van der Waals surface area (Å²) < 4.78 is 9.89. The number of aliphatic hydroxyl groups excluding tert-OH is 2. The third kappa shape index (κ3) is 6.98. The highest BCUT2D eigenvalue weighted by Gasteiger charge is 2.16. The second kappa shape index (κ2) is 9.85. The van der Waals surface area contributed by atoms with Gasteiger partial charge in [0.1, 0.15) is 0 Å². The Balaban J connectivity index is 2.58. The van der Waals surface area contributed by atoms with Crippen molar-refractivity contribution in [1.82, 2.24) is 4.90 Å². The molecular formula is C15H25NO4. The molecule has 2 atom stereocenters. The van der Waals surface area contributed by atoms with Crippen LogP contribution in [0.1, 0.15) is 5.56 Å². The molecule has 0 saturated carbocycles. The highest BCUT2D eigenvalue weighted by molar-refractivity contribution is 5.14. The second-order valence-electron chi connectivity index (χ2n) is 4.90. The number of benzene rings is 1. The molecule has 0 aliphatic carbocycles. The van der Waals surface area contributed by atoms with Crippen LogP contribution >= 0.6 is 0 Å². The molecule has 0 aliphatic heterocycles. The van der Waals surface area contributed by atoms with Gasteiger partial charge in [0.15, 0.2) is 0 Å². The quantitative estimate of drug-likeness (QED) is 0.655. The largest absolute Gasteiger partial charge is 0.389 e. The number of methoxy groups -OCH3 is 2. The molecule has 0 bridgehead atoms. The molecule has 0 amide bonds. The van der Waals surface area contributed by atoms with Gasteiger partial charge in [0.05, 0.1) is 25.4 Å². The van der Waals surface area contributed by atoms with Crippen molar-refractivity contribution >= 4 is 0 Å². The Hall–Kier alpha value is -0.980. The topological polar surface area (TPSA) is 62.2 Å². The number of rotatable bonds is 10. The Labute approximate surface area is 120 Å². The first-order valence-electron chi connectivity index (χ1n) is 6.76. The van der Waals surface area contributed by atoms with Crippen LogP contribution in [0.5, 0.6) is 0 Å². The minimum atomic E-state index is -0.571. The number of hydrogen-bond donors (Lipinski definition) is 2. The summed E-state index contributed by atoms with van der Waals surface area (Å²) in [5.74, 6) is 0. The molecule has 0 radical (unpaired) electrons. The molecule has 0 heterocycles. The van der Waals surface area contributed by atoms with Crippen LogP contribution in [0.25, 0.3) is 0 Å². The third-order valence-corrected chi connectivity index (χ3v) is 2.91. The van der Waals surface area contributed by atoms with Gasteiger partial charge < -0.3 is 19.7 Å². The first-order valence-corrected chi connectivity index (χ1v) is 6.76. The van der Waals surface area contributed by atoms with Crippen molar-refractivity contribution in [1.29, 1.82) is 0 Å². The Kier molecular flexibility index (Phi) is 8.41. The minimum absolute atomic E-state index is 0.283. The predicted octanol–water partition coefficient (Wildman–Crippen LogP) is 0.503. The molecule has 1 aromatic carbocycles. The highest BCUT2D eigenvalue weighted by Crippen LogP contribution is 2.06. The third-order valence-electron chi connectivity index (χ3n) is 2.91. The molecule has 5 heteroatoms. The zero-order valence-electron chi connectivity index (χ0n) is 12.2. The van der Waals surface area contributed by atoms with Gasteiger partial charge in [-0.3, -0.25) is 4.90 Å². The molecule has 0 saturated heterocycles. The highest BCUT2D eigenvalue weighted by atomic mass is 16.5. The zero-order chi connectivity index (χ0) is 14.8. The van der Waals surface area contributed by atoms with Crippen LogP contribution in [0.15, 0.2) is 30.3 Å². The molecule has 0 aromatic heterocycles. The van der Waals surface area contributed by atoms with Gasteiger partial charge in [-0.05, 0) is 5.56 Å². The van der Waals surface area contributed by atoms with E-state index in [-0.39, 0.29) is 13.2 Å². The fraction of sp³-hybridized carbons (Fsp3) is 0.600. The van der Waals surface area contributed by atoms with E-state index in [0.717, 1.165) is 5.56 Å². The van der Waals surface area contributed by atoms with Gasteiger partial charge in [-0.25, -0.2) is 0 Å². The zero-order valence-corrected chi connectivity index (χ0v) is 12.2. The van der Waals surface area contributed by atoms with Crippen molar-refractivity contribution < 1.29 is 19.7 Å². The lowest BCUT2D eigenvalue weighted by Gasteiger charge is -2.27. The Morgan fingerprint density at radius 1 is 0.950 bits per heavy atom. The maximum absolute atomic E-state index is 9.86. The van der Waals surface area contributed by atoms with Crippen molar-refractivity contribution in [3.8, 4) is 0 Å². The molecule has 2 N–H and O–H groups in total. The van der Waals surface area contributed by atoms with Gasteiger partial charge in [-0.2, -0.15) is 0 Å². The molecule has 114 valence electrons. The standard InChI is InChI=1S/C15H25NO4/c1-19-11-14(17)9-16(10-15(18)12-20-2)8-13-6-4-3-5-7-13/h3-7,14-15,17-18H,8-12H2,1-2H3/t14-,15-/m0/s1. The van der Waals surface area contributed by atoms with E-state index in [1.165, 1.54) is 0 Å². The fourth-order valence-corrected chi connectivity index (χ4v) is 2.13. The Morgan fingerprint density at radius 3 is 1.90 bits per heavy atom. The average Bonchev–Trinajstić information content (AvgIpc) is 2.40. The lowest BCUT2D eigenvalue weighted by molar-refractivity contribution is 0.00402. The first kappa shape index (κ1) is 17.1. The van der Waals surface area contributed by atoms with E-state index in [1.54, 1.807) is 14.2 Å². The summed E-state index contributed by atoms with van der Waals surface area (Å²) in [6, 6.07) is 9.97. The van der Waals surface area contributed by atoms with Crippen LogP contribution in [0.3, 0.4) is 0 Å². The molecule has 1 aromatic rings. The summed E-state index contributed by atoms with van der Waals surface area (Å²) in [6.45, 7) is 2.13. The smallest absolute Gasteiger partial charge is 0.0900 e. The molecule has 0 aliphatic rings. The summed E-state index contributed by atoms with van der Waals surface area (Å²) in [7, 11) is 3.12. The summed E-state index contributed by atoms with van der Waals surface area (Å²) in [5.41, 5.74) is 1.14. The van der Waals surface area contributed by atoms with Crippen molar-refractivity contribution in [2.45, 2.75) is 18.8 Å². The van der Waals surface area contributed by atoms with Crippen molar-refractivity contribution in [2.75, 3.05) is 40.5 Å². The predicted molar refractivity (Wildman–Crippen MR) is 77.5 cm³/mol. The van der Waals surface area contributed by atoms with E-state index < -0.39 is 12.2 Å². The lowest BCUT2D eigenvalue weighted by atomic mass is 10.2. The molecule has 0 fully saturated rings. The molecule has 5 nitrogen and oxygen atoms in total. The molecular weight excluding hydrogens is 258 g/mol. The van der Waals surface area contributed by atoms with E-state index in [9.17, 15) is 10.2 Å². The Morgan fingerprint density at radius 2 is 1.45 bits per heavy atom. The summed E-state index contributed by atoms with van der Waals surface area (Å²) in [6.07, 6.45) is -1.14. The maximum Gasteiger partial charge on any atom is 0.0900 e. The molecule has 1 rings (SSSR count). The minimum Gasteiger partial charge on any atom is -0.389 e. The van der Waals surface area contributed by atoms with Gasteiger partial charge in [-0.1, -0.05) is 30.3 Å². The summed E-state index contributed by atoms with van der Waals surface area (Å²) in [4.78, 5) is 2.00. The number of ether oxygens (including phenoxy) is 2. The van der Waals surface area contributed by atoms with E-state index in [4.69, 9.17) is 9.47 Å². The van der Waals surface area contributed by atoms with Crippen molar-refractivity contribution in [3.63, 3.8) is 0 Å². The second-order valence-corrected chi connectivity index (χ2v) is 4.90. The van der Waals surface area contributed by atoms with Gasteiger partial charge in [0.25, 0.3) is 0 Å². The van der Waals surface area contributed by atoms with Crippen LogP contribution in [-0.4, -0.2) is 67.8 Å². The van der Waals surface area contributed by atoms with Crippen LogP contribution in [0.2, 0.25) is 0 Å². The SMILES string of the molecule is COC[C@@H](O)CN(Cc1ccccc1)C[C@H](O)COC. The molecule has 0 unspecified atom stereocenters. The number of aliphatic hydroxyl groups is 2. The van der Waals surface area contributed by atoms with Gasteiger partial charge >= 0.3 is 0 Å². The molecule has 20 heavy (non-hydrogen) atoms. The monoisotopic (exact) mass is 283 g/mol. The molecule has 0 spiro atoms. The van der Waals surface area contributed by atoms with Crippen LogP contribution in [0.4, 0.5) is 0 Å². The first-order chi connectivity index (χ1) is 9.65. The van der Waals surface area contributed by atoms with Crippen molar-refractivity contribution in [3.05, 3.63) is 35.9 Å². The van der Waals surface area contributed by atoms with E-state index >= 15 is 0 Å². The van der Waals surface area contributed by atoms with E-state index in [0.29, 0.717) is 19.6 Å². The van der Waals surface area contributed by atoms with Crippen LogP contribution < -0.4 is 0 Å². The van der Waals surface area contributed by atoms with Gasteiger partial charge in [0.2, 0.25) is 0 Å². The normalized spacial score (nSPS) is 14.4. The van der Waals surface area contributed by atoms with Crippen LogP contribution in [0, 0.1) is 0 Å². The van der Waals surface area contributed by atoms with E-state index in [1.807, 2.05) is 35.2 Å². The average molecular weight is 283 g/mol. The van der Waals surface area contributed by atoms with Crippen molar-refractivity contribution in [2.24, 2.45) is 0 Å². The van der Waals surface area contributed by atoms with Gasteiger partial charge in [-0.15, -0.1) is 0 Å². The van der Waals surface area contributed by atoms with Gasteiger partial charge in [0, 0.05) is 33.9 Å². The fourth-order valence-electron chi connectivity index (χ4n) is 2.13. The van der Waals surface area contributed by atoms with Crippen LogP contribution in [-0.2, 0) is 16.0 Å². The number of nitrogens with zero attached hydrogens (tertiary/aromatic N) is 1. The Bertz CT molecular complexity index is 333. The summed E-state index contributed by atoms with van der Waals surface area (Å²) >= 11 is 0. The summed E-state index contributed by atoms with van der Waals surface area (Å²) in [5, 5.41) is 19.7. The lowest BCUT2D eigenvalue weighted by Crippen LogP contribution is -2.40. The number of hydrogen-bond acceptors (Lipinski definition) is 5. The van der Waals surface area contributed by atoms with E-state index in [2.05, 4.69) is 0 Å². The maximum atomic E-state index is 9.86.